The number of aliphatic hydroxyl groups excluding tert-OH is 8. The first-order valence-electron chi connectivity index (χ1n) is 39.0. The minimum atomic E-state index is -2.04. The SMILES string of the molecule is C=C1C[C@H]2C(O)N(C(=O)OCc3ccc(OC4OC(C(=O)O)[C@@H](O)[C@H](O)[C@H]4O)c(C(=O)CCCOCCOCCON)c3)c3cc(OCCCCCOc4cc5c(cc4OC)C(=O)N4C=C(c6ccc(OCCOCCC(=O)O)cc6)CC4C(O)N5C(=O)OCc4ccc(O[C@@H]5OC[C@@H](O)[C@H](O)[C@H]5O)c(C(=O)OCCOC)c4)c(C)cc3C(=O)N2C1. The van der Waals surface area contributed by atoms with Gasteiger partial charge in [-0.3, -0.25) is 19.2 Å². The van der Waals surface area contributed by atoms with E-state index >= 15 is 4.79 Å². The summed E-state index contributed by atoms with van der Waals surface area (Å²) >= 11 is 0. The van der Waals surface area contributed by atoms with E-state index < -0.39 is 147 Å². The lowest BCUT2D eigenvalue weighted by Crippen LogP contribution is -2.61. The average molecular weight is 1700 g/mol. The molecule has 5 aromatic carbocycles. The number of methoxy groups -OCH3 is 2. The molecule has 6 aliphatic rings. The minimum Gasteiger partial charge on any atom is -0.493 e. The number of amides is 4. The zero-order valence-electron chi connectivity index (χ0n) is 66.5. The van der Waals surface area contributed by atoms with Crippen molar-refractivity contribution in [3.63, 3.8) is 0 Å². The molecule has 0 spiro atoms. The lowest BCUT2D eigenvalue weighted by molar-refractivity contribution is -0.271. The molecule has 3 fully saturated rings. The van der Waals surface area contributed by atoms with Crippen molar-refractivity contribution in [2.45, 2.75) is 151 Å². The Bertz CT molecular complexity index is 4530. The first-order chi connectivity index (χ1) is 58.2. The number of benzene rings is 5. The molecule has 5 unspecified atom stereocenters. The van der Waals surface area contributed by atoms with Gasteiger partial charge in [-0.05, 0) is 122 Å². The fraction of sp³-hybridized carbons (Fsp3) is 0.488. The Labute approximate surface area is 693 Å². The van der Waals surface area contributed by atoms with Crippen LogP contribution >= 0.6 is 0 Å². The maximum absolute atomic E-state index is 15.0. The molecule has 0 radical (unpaired) electrons. The summed E-state index contributed by atoms with van der Waals surface area (Å²) in [7, 11) is 2.74. The maximum Gasteiger partial charge on any atom is 0.416 e. The fourth-order valence-electron chi connectivity index (χ4n) is 14.2. The first kappa shape index (κ1) is 91.1. The third-order valence-corrected chi connectivity index (χ3v) is 20.5. The Morgan fingerprint density at radius 1 is 0.545 bits per heavy atom. The highest BCUT2D eigenvalue weighted by molar-refractivity contribution is 6.08. The van der Waals surface area contributed by atoms with Crippen LogP contribution in [0.2, 0.25) is 0 Å². The third kappa shape index (κ3) is 22.3. The van der Waals surface area contributed by atoms with Crippen molar-refractivity contribution in [1.29, 1.82) is 0 Å². The summed E-state index contributed by atoms with van der Waals surface area (Å²) < 4.78 is 85.2. The Hall–Kier alpha value is -10.7. The normalized spacial score (nSPS) is 23.1. The van der Waals surface area contributed by atoms with E-state index in [1.54, 1.807) is 37.4 Å². The van der Waals surface area contributed by atoms with Crippen LogP contribution in [0.4, 0.5) is 21.0 Å². The highest BCUT2D eigenvalue weighted by Crippen LogP contribution is 2.45. The van der Waals surface area contributed by atoms with E-state index in [2.05, 4.69) is 11.4 Å². The van der Waals surface area contributed by atoms with Crippen LogP contribution in [0.15, 0.2) is 103 Å². The third-order valence-electron chi connectivity index (χ3n) is 20.5. The predicted molar refractivity (Wildman–Crippen MR) is 416 cm³/mol. The van der Waals surface area contributed by atoms with Crippen LogP contribution in [0, 0.1) is 6.92 Å². The Kier molecular flexibility index (Phi) is 32.1. The number of ketones is 1. The number of ether oxygens (including phenoxy) is 15. The number of carboxylic acids is 2. The minimum absolute atomic E-state index is 0.0124. The monoisotopic (exact) mass is 1700 g/mol. The molecule has 5 aromatic rings. The summed E-state index contributed by atoms with van der Waals surface area (Å²) in [4.78, 5) is 119. The first-order valence-corrected chi connectivity index (χ1v) is 39.0. The number of rotatable bonds is 41. The topological polar surface area (TPSA) is 526 Å². The van der Waals surface area contributed by atoms with Crippen molar-refractivity contribution < 1.29 is 165 Å². The zero-order valence-corrected chi connectivity index (χ0v) is 66.5. The van der Waals surface area contributed by atoms with Gasteiger partial charge in [0.15, 0.2) is 35.8 Å². The summed E-state index contributed by atoms with van der Waals surface area (Å²) in [5, 5.41) is 106. The lowest BCUT2D eigenvalue weighted by Gasteiger charge is -2.38. The summed E-state index contributed by atoms with van der Waals surface area (Å²) in [5.74, 6) is 0.118. The van der Waals surface area contributed by atoms with Crippen LogP contribution in [0.5, 0.6) is 34.5 Å². The Morgan fingerprint density at radius 2 is 1.15 bits per heavy atom. The van der Waals surface area contributed by atoms with Crippen molar-refractivity contribution in [3.05, 3.63) is 148 Å². The molecule has 6 aliphatic heterocycles. The summed E-state index contributed by atoms with van der Waals surface area (Å²) in [6, 6.07) is 18.5. The molecule has 656 valence electrons. The number of nitrogens with zero attached hydrogens (tertiary/aromatic N) is 4. The number of hydrogen-bond donors (Lipinski definition) is 11. The number of Topliss-reactive ketones (excluding diaryl/α,β-unsaturated/α-hetero) is 1. The molecule has 4 amide bonds. The second kappa shape index (κ2) is 42.7. The van der Waals surface area contributed by atoms with E-state index in [0.29, 0.717) is 47.3 Å². The van der Waals surface area contributed by atoms with Crippen molar-refractivity contribution >= 4 is 64.6 Å². The quantitative estimate of drug-likeness (QED) is 0.00668. The van der Waals surface area contributed by atoms with Gasteiger partial charge in [0.25, 0.3) is 11.8 Å². The molecule has 0 bridgehead atoms. The Morgan fingerprint density at radius 3 is 1.81 bits per heavy atom. The number of fused-ring (bicyclic) bond motifs is 4. The highest BCUT2D eigenvalue weighted by atomic mass is 16.7. The number of carbonyl (C=O) groups is 8. The van der Waals surface area contributed by atoms with Gasteiger partial charge in [0, 0.05) is 45.0 Å². The number of hydrogen-bond acceptors (Lipinski definition) is 33. The molecule has 3 saturated heterocycles. The Balaban J connectivity index is 0.783. The standard InChI is InChI=1S/C82H99N5O34/c1-44-31-57-75(99)86(81(104)116-41-46-10-16-61(120-80-71(96)68(93)69(94)72(121-80)77(101)102)53(33-46)59(88)9-8-19-108-24-25-110-27-30-118-83)55-37-63(45(2)32-51(55)73(97)84(57)39-44)112-20-6-5-7-21-113-65-38-56-52(36-64(65)107-4)74(98)85-40-49(48-12-14-50(15-13-48)111-29-26-109-22-18-66(90)91)35-58(85)76(100)87(56)82(105)117-42-47-11-17-62(54(34-47)78(103)114-28-23-106-3)119-79-70(95)67(92)60(89)43-115-79/h10-17,32-34,36-38,40,57-58,60,67-72,75-76,79-80,89,92-96,99-100H,1,5-9,18-31,35,39,41-43,83H2,2-4H3,(H,90,91)(H,101,102)/t57-,58?,60+,67-,68-,69-,70+,71+,72?,75?,76?,79-,80?/m0/s1. The molecule has 0 aromatic heterocycles. The maximum atomic E-state index is 15.0. The van der Waals surface area contributed by atoms with Crippen LogP contribution < -0.4 is 44.1 Å². The fourth-order valence-corrected chi connectivity index (χ4v) is 14.2. The molecule has 39 heteroatoms. The van der Waals surface area contributed by atoms with Gasteiger partial charge < -0.3 is 137 Å². The number of carbonyl (C=O) groups excluding carboxylic acids is 6. The molecule has 39 nitrogen and oxygen atoms in total. The highest BCUT2D eigenvalue weighted by Gasteiger charge is 2.51. The number of esters is 1. The summed E-state index contributed by atoms with van der Waals surface area (Å²) in [6.07, 6.45) is -19.3. The molecule has 13 atom stereocenters. The van der Waals surface area contributed by atoms with Crippen molar-refractivity contribution in [3.8, 4) is 34.5 Å². The van der Waals surface area contributed by atoms with Crippen molar-refractivity contribution in [2.24, 2.45) is 5.90 Å². The average Bonchev–Trinajstić information content (AvgIpc) is 1.60. The lowest BCUT2D eigenvalue weighted by atomic mass is 9.98. The molecule has 0 saturated carbocycles. The van der Waals surface area contributed by atoms with E-state index in [4.69, 9.17) is 82.1 Å². The zero-order chi connectivity index (χ0) is 86.7. The summed E-state index contributed by atoms with van der Waals surface area (Å²) in [5.41, 5.74) is 2.06. The molecular weight excluding hydrogens is 1600 g/mol. The number of aliphatic carboxylic acids is 2. The van der Waals surface area contributed by atoms with Crippen molar-refractivity contribution in [2.75, 3.05) is 116 Å². The van der Waals surface area contributed by atoms with Gasteiger partial charge in [0.1, 0.15) is 91.6 Å². The van der Waals surface area contributed by atoms with Gasteiger partial charge >= 0.3 is 30.1 Å². The van der Waals surface area contributed by atoms with Crippen LogP contribution in [-0.2, 0) is 70.3 Å². The predicted octanol–water partition coefficient (Wildman–Crippen LogP) is 3.26. The number of aliphatic hydroxyl groups is 8. The number of nitrogens with two attached hydrogens (primary N) is 1. The largest absolute Gasteiger partial charge is 0.493 e. The van der Waals surface area contributed by atoms with E-state index in [1.165, 1.54) is 84.7 Å². The van der Waals surface area contributed by atoms with Crippen LogP contribution in [-0.4, -0.2) is 295 Å². The van der Waals surface area contributed by atoms with Gasteiger partial charge in [-0.15, -0.1) is 0 Å². The number of unbranched alkanes of at least 4 members (excludes halogenated alkanes) is 2. The summed E-state index contributed by atoms with van der Waals surface area (Å²) in [6.45, 7) is 5.40. The van der Waals surface area contributed by atoms with Gasteiger partial charge in [0.2, 0.25) is 12.6 Å². The van der Waals surface area contributed by atoms with Gasteiger partial charge in [-0.25, -0.2) is 34.9 Å². The smallest absolute Gasteiger partial charge is 0.416 e. The van der Waals surface area contributed by atoms with Crippen LogP contribution in [0.3, 0.4) is 0 Å². The number of carboxylic acid groups (broad SMARTS) is 2. The number of anilines is 2. The van der Waals surface area contributed by atoms with Crippen molar-refractivity contribution in [1.82, 2.24) is 9.80 Å². The molecule has 12 N–H and O–H groups in total. The van der Waals surface area contributed by atoms with E-state index in [-0.39, 0.29) is 191 Å². The van der Waals surface area contributed by atoms with E-state index in [1.807, 2.05) is 0 Å². The number of aryl methyl sites for hydroxylation is 1. The van der Waals surface area contributed by atoms with E-state index in [9.17, 15) is 79.5 Å². The van der Waals surface area contributed by atoms with Crippen LogP contribution in [0.25, 0.3) is 5.57 Å². The van der Waals surface area contributed by atoms with Gasteiger partial charge in [-0.1, -0.05) is 36.4 Å². The molecule has 11 rings (SSSR count). The molecule has 0 aliphatic carbocycles. The molecule has 6 heterocycles. The van der Waals surface area contributed by atoms with Gasteiger partial charge in [0.05, 0.1) is 120 Å². The molecular formula is C82H99N5O34. The molecule has 121 heavy (non-hydrogen) atoms. The van der Waals surface area contributed by atoms with E-state index in [0.717, 1.165) is 9.80 Å². The second-order valence-corrected chi connectivity index (χ2v) is 28.9. The van der Waals surface area contributed by atoms with Crippen LogP contribution in [0.1, 0.15) is 115 Å². The van der Waals surface area contributed by atoms with Gasteiger partial charge in [-0.2, -0.15) is 0 Å². The second-order valence-electron chi connectivity index (χ2n) is 28.9.